The normalized spacial score (nSPS) is 11.6. The molecule has 0 saturated heterocycles. The molecule has 0 aliphatic heterocycles. The van der Waals surface area contributed by atoms with E-state index in [-0.39, 0.29) is 0 Å². The molecule has 0 aromatic carbocycles. The molecular weight excluding hydrogens is 234 g/mol. The number of anilines is 1. The maximum Gasteiger partial charge on any atom is 0.326 e. The lowest BCUT2D eigenvalue weighted by molar-refractivity contribution is -0.138. The molecule has 1 rings (SSSR count). The minimum atomic E-state index is -1.00. The molecule has 18 heavy (non-hydrogen) atoms. The monoisotopic (exact) mass is 249 g/mol. The summed E-state index contributed by atoms with van der Waals surface area (Å²) < 4.78 is 4.85. The second kappa shape index (κ2) is 6.57. The Hall–Kier alpha value is -2.13. The number of pyridine rings is 1. The van der Waals surface area contributed by atoms with Gasteiger partial charge in [0.05, 0.1) is 5.56 Å². The Labute approximate surface area is 105 Å². The van der Waals surface area contributed by atoms with Gasteiger partial charge in [0, 0.05) is 25.8 Å². The molecule has 0 fully saturated rings. The highest BCUT2D eigenvalue weighted by molar-refractivity contribution is 5.77. The summed E-state index contributed by atoms with van der Waals surface area (Å²) in [6.45, 7) is 2.09. The van der Waals surface area contributed by atoms with E-state index in [0.717, 1.165) is 0 Å². The average molecular weight is 249 g/mol. The zero-order valence-electron chi connectivity index (χ0n) is 10.3. The molecule has 6 nitrogen and oxygen atoms in total. The number of methoxy groups -OCH3 is 1. The van der Waals surface area contributed by atoms with Crippen molar-refractivity contribution in [1.82, 2.24) is 4.98 Å². The summed E-state index contributed by atoms with van der Waals surface area (Å²) >= 11 is 0. The second-order valence-corrected chi connectivity index (χ2v) is 3.78. The third-order valence-corrected chi connectivity index (χ3v) is 2.37. The third-order valence-electron chi connectivity index (χ3n) is 2.37. The smallest absolute Gasteiger partial charge is 0.326 e. The number of aromatic nitrogens is 1. The zero-order valence-corrected chi connectivity index (χ0v) is 10.3. The first kappa shape index (κ1) is 13.9. The van der Waals surface area contributed by atoms with E-state index in [1.165, 1.54) is 7.11 Å². The summed E-state index contributed by atoms with van der Waals surface area (Å²) in [4.78, 5) is 15.2. The molecule has 0 aliphatic carbocycles. The van der Waals surface area contributed by atoms with Crippen LogP contribution in [0.5, 0.6) is 0 Å². The lowest BCUT2D eigenvalue weighted by Gasteiger charge is -2.15. The van der Waals surface area contributed by atoms with E-state index < -0.39 is 12.0 Å². The molecule has 6 heteroatoms. The van der Waals surface area contributed by atoms with Crippen LogP contribution in [0.25, 0.3) is 0 Å². The Morgan fingerprint density at radius 3 is 2.94 bits per heavy atom. The molecular formula is C12H15N3O3. The standard InChI is InChI=1S/C12H15N3O3/c1-8-3-4-9(7-13)11(14-8)15-10(12(16)17)5-6-18-2/h3-4,10H,5-6H2,1-2H3,(H,14,15)(H,16,17). The molecule has 2 N–H and O–H groups in total. The fourth-order valence-electron chi connectivity index (χ4n) is 1.42. The molecule has 0 saturated carbocycles. The molecule has 1 heterocycles. The first-order valence-corrected chi connectivity index (χ1v) is 5.44. The van der Waals surface area contributed by atoms with Crippen LogP contribution in [0.3, 0.4) is 0 Å². The first-order valence-electron chi connectivity index (χ1n) is 5.44. The highest BCUT2D eigenvalue weighted by Gasteiger charge is 2.18. The summed E-state index contributed by atoms with van der Waals surface area (Å²) in [7, 11) is 1.50. The van der Waals surface area contributed by atoms with E-state index in [0.29, 0.717) is 30.1 Å². The van der Waals surface area contributed by atoms with Gasteiger partial charge in [0.25, 0.3) is 0 Å². The number of ether oxygens (including phenoxy) is 1. The van der Waals surface area contributed by atoms with Crippen LogP contribution < -0.4 is 5.32 Å². The summed E-state index contributed by atoms with van der Waals surface area (Å²) in [5.74, 6) is -0.708. The van der Waals surface area contributed by atoms with E-state index in [1.54, 1.807) is 19.1 Å². The lowest BCUT2D eigenvalue weighted by atomic mass is 10.2. The number of carboxylic acid groups (broad SMARTS) is 1. The number of rotatable bonds is 6. The minimum Gasteiger partial charge on any atom is -0.480 e. The van der Waals surface area contributed by atoms with Gasteiger partial charge in [-0.15, -0.1) is 0 Å². The Balaban J connectivity index is 2.89. The van der Waals surface area contributed by atoms with E-state index >= 15 is 0 Å². The second-order valence-electron chi connectivity index (χ2n) is 3.78. The van der Waals surface area contributed by atoms with Gasteiger partial charge in [-0.05, 0) is 19.1 Å². The zero-order chi connectivity index (χ0) is 13.5. The first-order chi connectivity index (χ1) is 8.58. The van der Waals surface area contributed by atoms with Crippen molar-refractivity contribution in [3.05, 3.63) is 23.4 Å². The molecule has 0 radical (unpaired) electrons. The van der Waals surface area contributed by atoms with E-state index in [1.807, 2.05) is 6.07 Å². The highest BCUT2D eigenvalue weighted by Crippen LogP contribution is 2.14. The molecule has 1 aromatic rings. The van der Waals surface area contributed by atoms with Gasteiger partial charge in [-0.1, -0.05) is 0 Å². The summed E-state index contributed by atoms with van der Waals surface area (Å²) in [6, 6.07) is 4.46. The number of carboxylic acids is 1. The van der Waals surface area contributed by atoms with Crippen LogP contribution in [-0.4, -0.2) is 35.8 Å². The van der Waals surface area contributed by atoms with Gasteiger partial charge in [0.2, 0.25) is 0 Å². The number of carbonyl (C=O) groups is 1. The molecule has 0 aliphatic rings. The maximum absolute atomic E-state index is 11.1. The molecule has 1 aromatic heterocycles. The largest absolute Gasteiger partial charge is 0.480 e. The number of hydrogen-bond donors (Lipinski definition) is 2. The van der Waals surface area contributed by atoms with Crippen molar-refractivity contribution in [1.29, 1.82) is 5.26 Å². The molecule has 1 unspecified atom stereocenters. The van der Waals surface area contributed by atoms with E-state index in [4.69, 9.17) is 15.1 Å². The molecule has 0 spiro atoms. The quantitative estimate of drug-likeness (QED) is 0.785. The fourth-order valence-corrected chi connectivity index (χ4v) is 1.42. The molecule has 0 amide bonds. The minimum absolute atomic E-state index is 0.293. The van der Waals surface area contributed by atoms with Crippen molar-refractivity contribution in [2.24, 2.45) is 0 Å². The predicted molar refractivity (Wildman–Crippen MR) is 65.2 cm³/mol. The van der Waals surface area contributed by atoms with Gasteiger partial charge in [0.15, 0.2) is 0 Å². The third kappa shape index (κ3) is 3.71. The van der Waals surface area contributed by atoms with Gasteiger partial charge in [0.1, 0.15) is 17.9 Å². The van der Waals surface area contributed by atoms with Gasteiger partial charge in [-0.2, -0.15) is 5.26 Å². The molecule has 96 valence electrons. The van der Waals surface area contributed by atoms with E-state index in [9.17, 15) is 4.79 Å². The van der Waals surface area contributed by atoms with Crippen LogP contribution in [0, 0.1) is 18.3 Å². The summed E-state index contributed by atoms with van der Waals surface area (Å²) in [6.07, 6.45) is 0.298. The number of nitrogens with one attached hydrogen (secondary N) is 1. The molecule has 0 bridgehead atoms. The highest BCUT2D eigenvalue weighted by atomic mass is 16.5. The Kier molecular flexibility index (Phi) is 5.08. The summed E-state index contributed by atoms with van der Waals surface area (Å²) in [5.41, 5.74) is 1.04. The van der Waals surface area contributed by atoms with Crippen LogP contribution in [-0.2, 0) is 9.53 Å². The Morgan fingerprint density at radius 2 is 2.39 bits per heavy atom. The predicted octanol–water partition coefficient (Wildman–Crippen LogP) is 1.16. The number of nitriles is 1. The van der Waals surface area contributed by atoms with Gasteiger partial charge < -0.3 is 15.2 Å². The lowest BCUT2D eigenvalue weighted by Crippen LogP contribution is -2.31. The van der Waals surface area contributed by atoms with E-state index in [2.05, 4.69) is 10.3 Å². The maximum atomic E-state index is 11.1. The van der Waals surface area contributed by atoms with Crippen molar-refractivity contribution >= 4 is 11.8 Å². The van der Waals surface area contributed by atoms with Gasteiger partial charge >= 0.3 is 5.97 Å². The summed E-state index contributed by atoms with van der Waals surface area (Å²) in [5, 5.41) is 20.8. The van der Waals surface area contributed by atoms with Crippen molar-refractivity contribution in [2.45, 2.75) is 19.4 Å². The Bertz CT molecular complexity index is 468. The molecule has 1 atom stereocenters. The number of nitrogens with zero attached hydrogens (tertiary/aromatic N) is 2. The SMILES string of the molecule is COCCC(Nc1nc(C)ccc1C#N)C(=O)O. The van der Waals surface area contributed by atoms with Crippen LogP contribution in [0.15, 0.2) is 12.1 Å². The number of aryl methyl sites for hydroxylation is 1. The van der Waals surface area contributed by atoms with Crippen molar-refractivity contribution in [2.75, 3.05) is 19.0 Å². The fraction of sp³-hybridized carbons (Fsp3) is 0.417. The van der Waals surface area contributed by atoms with Gasteiger partial charge in [-0.25, -0.2) is 9.78 Å². The van der Waals surface area contributed by atoms with Crippen molar-refractivity contribution in [3.63, 3.8) is 0 Å². The van der Waals surface area contributed by atoms with Crippen LogP contribution in [0.1, 0.15) is 17.7 Å². The van der Waals surface area contributed by atoms with Crippen molar-refractivity contribution in [3.8, 4) is 6.07 Å². The number of aliphatic carboxylic acids is 1. The topological polar surface area (TPSA) is 95.2 Å². The average Bonchev–Trinajstić information content (AvgIpc) is 2.34. The van der Waals surface area contributed by atoms with Crippen LogP contribution >= 0.6 is 0 Å². The number of hydrogen-bond acceptors (Lipinski definition) is 5. The Morgan fingerprint density at radius 1 is 1.67 bits per heavy atom. The van der Waals surface area contributed by atoms with Crippen molar-refractivity contribution < 1.29 is 14.6 Å². The van der Waals surface area contributed by atoms with Crippen LogP contribution in [0.2, 0.25) is 0 Å². The van der Waals surface area contributed by atoms with Gasteiger partial charge in [-0.3, -0.25) is 0 Å². The van der Waals surface area contributed by atoms with Crippen LogP contribution in [0.4, 0.5) is 5.82 Å².